The summed E-state index contributed by atoms with van der Waals surface area (Å²) in [6.45, 7) is 5.02. The summed E-state index contributed by atoms with van der Waals surface area (Å²) >= 11 is 9.18. The van der Waals surface area contributed by atoms with Crippen LogP contribution in [0.15, 0.2) is 34.7 Å². The molecule has 1 amide bonds. The third-order valence-electron chi connectivity index (χ3n) is 4.36. The Kier molecular flexibility index (Phi) is 6.76. The van der Waals surface area contributed by atoms with Gasteiger partial charge in [0.1, 0.15) is 4.88 Å². The Bertz CT molecular complexity index is 697. The first-order chi connectivity index (χ1) is 12.1. The van der Waals surface area contributed by atoms with Crippen molar-refractivity contribution < 1.29 is 4.79 Å². The van der Waals surface area contributed by atoms with Gasteiger partial charge in [0, 0.05) is 41.3 Å². The summed E-state index contributed by atoms with van der Waals surface area (Å²) in [5.41, 5.74) is 2.55. The number of likely N-dealkylation sites (tertiary alicyclic amines) is 1. The molecule has 1 aromatic carbocycles. The van der Waals surface area contributed by atoms with E-state index in [0.717, 1.165) is 53.8 Å². The van der Waals surface area contributed by atoms with E-state index in [9.17, 15) is 4.79 Å². The van der Waals surface area contributed by atoms with Crippen molar-refractivity contribution in [2.24, 2.45) is 0 Å². The smallest absolute Gasteiger partial charge is 0.263 e. The fourth-order valence-corrected chi connectivity index (χ4v) is 4.64. The minimum atomic E-state index is 0.0248. The van der Waals surface area contributed by atoms with E-state index in [2.05, 4.69) is 27.3 Å². The molecule has 1 saturated heterocycles. The molecule has 1 aliphatic rings. The third kappa shape index (κ3) is 5.45. The molecule has 0 saturated carbocycles. The number of piperidine rings is 1. The number of hydrogen-bond acceptors (Lipinski definition) is 5. The van der Waals surface area contributed by atoms with E-state index in [0.29, 0.717) is 0 Å². The molecule has 4 nitrogen and oxygen atoms in total. The summed E-state index contributed by atoms with van der Waals surface area (Å²) in [5.74, 6) is 1.09. The number of halogens is 1. The van der Waals surface area contributed by atoms with Crippen molar-refractivity contribution >= 4 is 40.6 Å². The molecule has 1 fully saturated rings. The number of hydrogen-bond donors (Lipinski definition) is 1. The van der Waals surface area contributed by atoms with Crippen molar-refractivity contribution in [3.05, 3.63) is 45.4 Å². The molecule has 1 aliphatic heterocycles. The summed E-state index contributed by atoms with van der Waals surface area (Å²) in [7, 11) is 0. The van der Waals surface area contributed by atoms with E-state index in [1.54, 1.807) is 5.51 Å². The topological polar surface area (TPSA) is 45.2 Å². The predicted molar refractivity (Wildman–Crippen MR) is 106 cm³/mol. The summed E-state index contributed by atoms with van der Waals surface area (Å²) in [4.78, 5) is 20.9. The molecule has 0 aliphatic carbocycles. The summed E-state index contributed by atoms with van der Waals surface area (Å²) < 4.78 is 0. The van der Waals surface area contributed by atoms with Gasteiger partial charge in [-0.25, -0.2) is 4.98 Å². The zero-order chi connectivity index (χ0) is 17.6. The zero-order valence-corrected chi connectivity index (χ0v) is 16.6. The molecule has 2 heterocycles. The van der Waals surface area contributed by atoms with E-state index >= 15 is 0 Å². The second kappa shape index (κ2) is 9.03. The normalized spacial score (nSPS) is 16.1. The fourth-order valence-electron chi connectivity index (χ4n) is 2.90. The maximum atomic E-state index is 12.3. The van der Waals surface area contributed by atoms with Crippen LogP contribution in [0.1, 0.15) is 28.2 Å². The maximum Gasteiger partial charge on any atom is 0.263 e. The van der Waals surface area contributed by atoms with Crippen LogP contribution >= 0.6 is 34.7 Å². The maximum absolute atomic E-state index is 12.3. The van der Waals surface area contributed by atoms with Crippen LogP contribution in [-0.4, -0.2) is 47.2 Å². The SMILES string of the molecule is Cc1ncsc1C(=O)NC1CCN(CCSc2ccc(Cl)cc2)CC1. The number of aryl methyl sites for hydroxylation is 1. The number of carbonyl (C=O) groups is 1. The molecule has 0 atom stereocenters. The first-order valence-corrected chi connectivity index (χ1v) is 10.7. The van der Waals surface area contributed by atoms with Gasteiger partial charge < -0.3 is 10.2 Å². The molecular formula is C18H22ClN3OS2. The summed E-state index contributed by atoms with van der Waals surface area (Å²) in [5, 5.41) is 3.94. The molecule has 3 rings (SSSR count). The molecule has 0 unspecified atom stereocenters. The van der Waals surface area contributed by atoms with Crippen LogP contribution in [0.25, 0.3) is 0 Å². The predicted octanol–water partition coefficient (Wildman–Crippen LogP) is 4.09. The second-order valence-corrected chi connectivity index (χ2v) is 8.62. The van der Waals surface area contributed by atoms with Crippen molar-refractivity contribution in [1.29, 1.82) is 0 Å². The van der Waals surface area contributed by atoms with Gasteiger partial charge in [-0.2, -0.15) is 0 Å². The molecule has 134 valence electrons. The van der Waals surface area contributed by atoms with Crippen LogP contribution in [0, 0.1) is 6.92 Å². The van der Waals surface area contributed by atoms with Gasteiger partial charge >= 0.3 is 0 Å². The minimum absolute atomic E-state index is 0.0248. The molecule has 0 spiro atoms. The number of amides is 1. The van der Waals surface area contributed by atoms with E-state index in [-0.39, 0.29) is 11.9 Å². The average Bonchev–Trinajstić information content (AvgIpc) is 3.04. The summed E-state index contributed by atoms with van der Waals surface area (Å²) in [6.07, 6.45) is 2.02. The Hall–Kier alpha value is -1.08. The highest BCUT2D eigenvalue weighted by Crippen LogP contribution is 2.21. The number of carbonyl (C=O) groups excluding carboxylic acids is 1. The fraction of sp³-hybridized carbons (Fsp3) is 0.444. The van der Waals surface area contributed by atoms with E-state index in [1.165, 1.54) is 16.2 Å². The molecule has 0 bridgehead atoms. The molecular weight excluding hydrogens is 374 g/mol. The number of nitrogens with zero attached hydrogens (tertiary/aromatic N) is 2. The minimum Gasteiger partial charge on any atom is -0.348 e. The van der Waals surface area contributed by atoms with Gasteiger partial charge in [-0.1, -0.05) is 11.6 Å². The molecule has 1 aromatic heterocycles. The van der Waals surface area contributed by atoms with Crippen LogP contribution in [0.4, 0.5) is 0 Å². The monoisotopic (exact) mass is 395 g/mol. The number of thiazole rings is 1. The summed E-state index contributed by atoms with van der Waals surface area (Å²) in [6, 6.07) is 8.27. The Morgan fingerprint density at radius 1 is 1.36 bits per heavy atom. The second-order valence-electron chi connectivity index (χ2n) is 6.16. The number of thioether (sulfide) groups is 1. The van der Waals surface area contributed by atoms with Crippen LogP contribution < -0.4 is 5.32 Å². The lowest BCUT2D eigenvalue weighted by atomic mass is 10.1. The Morgan fingerprint density at radius 3 is 2.72 bits per heavy atom. The molecule has 0 radical (unpaired) electrons. The van der Waals surface area contributed by atoms with Crippen molar-refractivity contribution in [1.82, 2.24) is 15.2 Å². The van der Waals surface area contributed by atoms with E-state index < -0.39 is 0 Å². The van der Waals surface area contributed by atoms with E-state index in [1.807, 2.05) is 30.8 Å². The largest absolute Gasteiger partial charge is 0.348 e. The van der Waals surface area contributed by atoms with Crippen molar-refractivity contribution in [3.63, 3.8) is 0 Å². The molecule has 25 heavy (non-hydrogen) atoms. The van der Waals surface area contributed by atoms with Crippen molar-refractivity contribution in [2.75, 3.05) is 25.4 Å². The quantitative estimate of drug-likeness (QED) is 0.748. The van der Waals surface area contributed by atoms with Crippen molar-refractivity contribution in [2.45, 2.75) is 30.7 Å². The van der Waals surface area contributed by atoms with Gasteiger partial charge in [-0.3, -0.25) is 4.79 Å². The average molecular weight is 396 g/mol. The highest BCUT2D eigenvalue weighted by molar-refractivity contribution is 7.99. The lowest BCUT2D eigenvalue weighted by molar-refractivity contribution is 0.0916. The van der Waals surface area contributed by atoms with Crippen LogP contribution in [0.2, 0.25) is 5.02 Å². The first-order valence-electron chi connectivity index (χ1n) is 8.43. The van der Waals surface area contributed by atoms with Crippen LogP contribution in [-0.2, 0) is 0 Å². The molecule has 2 aromatic rings. The van der Waals surface area contributed by atoms with E-state index in [4.69, 9.17) is 11.6 Å². The van der Waals surface area contributed by atoms with Crippen molar-refractivity contribution in [3.8, 4) is 0 Å². The van der Waals surface area contributed by atoms with Gasteiger partial charge in [0.15, 0.2) is 0 Å². The lowest BCUT2D eigenvalue weighted by Gasteiger charge is -2.32. The lowest BCUT2D eigenvalue weighted by Crippen LogP contribution is -2.45. The molecule has 7 heteroatoms. The van der Waals surface area contributed by atoms with Gasteiger partial charge in [0.25, 0.3) is 5.91 Å². The highest BCUT2D eigenvalue weighted by Gasteiger charge is 2.22. The first kappa shape index (κ1) is 18.7. The van der Waals surface area contributed by atoms with Crippen LogP contribution in [0.5, 0.6) is 0 Å². The number of benzene rings is 1. The van der Waals surface area contributed by atoms with Gasteiger partial charge in [0.05, 0.1) is 11.2 Å². The third-order valence-corrected chi connectivity index (χ3v) is 6.54. The van der Waals surface area contributed by atoms with Gasteiger partial charge in [-0.15, -0.1) is 23.1 Å². The Balaban J connectivity index is 1.36. The number of rotatable bonds is 6. The number of nitrogens with one attached hydrogen (secondary N) is 1. The van der Waals surface area contributed by atoms with Gasteiger partial charge in [-0.05, 0) is 44.0 Å². The Morgan fingerprint density at radius 2 is 2.08 bits per heavy atom. The Labute approximate surface area is 162 Å². The zero-order valence-electron chi connectivity index (χ0n) is 14.2. The highest BCUT2D eigenvalue weighted by atomic mass is 35.5. The van der Waals surface area contributed by atoms with Gasteiger partial charge in [0.2, 0.25) is 0 Å². The number of aromatic nitrogens is 1. The molecule has 1 N–H and O–H groups in total. The standard InChI is InChI=1S/C18H22ClN3OS2/c1-13-17(25-12-20-13)18(23)21-15-6-8-22(9-7-15)10-11-24-16-4-2-14(19)3-5-16/h2-5,12,15H,6-11H2,1H3,(H,21,23). The van der Waals surface area contributed by atoms with Crippen LogP contribution in [0.3, 0.4) is 0 Å².